The van der Waals surface area contributed by atoms with Crippen LogP contribution in [0.25, 0.3) is 0 Å². The molecule has 0 unspecified atom stereocenters. The van der Waals surface area contributed by atoms with Gasteiger partial charge in [0.05, 0.1) is 4.90 Å². The van der Waals surface area contributed by atoms with Gasteiger partial charge in [-0.05, 0) is 37.0 Å². The zero-order valence-corrected chi connectivity index (χ0v) is 15.5. The fraction of sp³-hybridized carbons (Fsp3) is 0.588. The summed E-state index contributed by atoms with van der Waals surface area (Å²) in [7, 11) is -0.584. The Labute approximate surface area is 140 Å². The van der Waals surface area contributed by atoms with Crippen LogP contribution in [0.3, 0.4) is 0 Å². The van der Waals surface area contributed by atoms with Crippen molar-refractivity contribution in [2.24, 2.45) is 5.92 Å². The lowest BCUT2D eigenvalue weighted by atomic mass is 10.1. The number of unbranched alkanes of at least 4 members (excludes halogenated alkanes) is 1. The van der Waals surface area contributed by atoms with E-state index in [0.29, 0.717) is 23.6 Å². The molecule has 0 heterocycles. The monoisotopic (exact) mass is 340 g/mol. The third-order valence-corrected chi connectivity index (χ3v) is 5.66. The average molecular weight is 340 g/mol. The van der Waals surface area contributed by atoms with E-state index in [0.717, 1.165) is 23.6 Å². The van der Waals surface area contributed by atoms with Crippen LogP contribution in [-0.2, 0) is 10.0 Å². The van der Waals surface area contributed by atoms with Crippen molar-refractivity contribution in [3.05, 3.63) is 29.3 Å². The molecule has 1 aromatic rings. The standard InChI is InChI=1S/C17H28N2O3S/c1-13(2)8-6-7-11-18-17(20)15-10-9-14(3)16(12-15)23(21,22)19(4)5/h9-10,12-13H,6-8,11H2,1-5H3,(H,18,20). The maximum absolute atomic E-state index is 12.3. The van der Waals surface area contributed by atoms with E-state index < -0.39 is 10.0 Å². The van der Waals surface area contributed by atoms with Gasteiger partial charge in [0.15, 0.2) is 0 Å². The Morgan fingerprint density at radius 1 is 1.22 bits per heavy atom. The Bertz CT molecular complexity index is 637. The number of hydrogen-bond donors (Lipinski definition) is 1. The Kier molecular flexibility index (Phi) is 7.22. The van der Waals surface area contributed by atoms with Crippen molar-refractivity contribution in [2.75, 3.05) is 20.6 Å². The summed E-state index contributed by atoms with van der Waals surface area (Å²) < 4.78 is 25.7. The molecule has 0 aliphatic rings. The van der Waals surface area contributed by atoms with Crippen molar-refractivity contribution < 1.29 is 13.2 Å². The lowest BCUT2D eigenvalue weighted by molar-refractivity contribution is 0.0952. The van der Waals surface area contributed by atoms with Gasteiger partial charge in [0.2, 0.25) is 10.0 Å². The predicted octanol–water partition coefficient (Wildman–Crippen LogP) is 2.80. The molecule has 0 aromatic heterocycles. The van der Waals surface area contributed by atoms with Gasteiger partial charge in [-0.3, -0.25) is 4.79 Å². The van der Waals surface area contributed by atoms with Crippen LogP contribution in [0.15, 0.2) is 23.1 Å². The average Bonchev–Trinajstić information content (AvgIpc) is 2.46. The summed E-state index contributed by atoms with van der Waals surface area (Å²) in [5, 5.41) is 2.85. The van der Waals surface area contributed by atoms with Gasteiger partial charge in [0, 0.05) is 26.2 Å². The molecule has 130 valence electrons. The summed E-state index contributed by atoms with van der Waals surface area (Å²) in [6.45, 7) is 6.69. The molecule has 1 N–H and O–H groups in total. The third-order valence-electron chi connectivity index (χ3n) is 3.70. The molecule has 0 saturated heterocycles. The van der Waals surface area contributed by atoms with Crippen LogP contribution in [0, 0.1) is 12.8 Å². The van der Waals surface area contributed by atoms with Crippen LogP contribution >= 0.6 is 0 Å². The molecule has 0 bridgehead atoms. The molecule has 0 aliphatic carbocycles. The van der Waals surface area contributed by atoms with Gasteiger partial charge in [-0.1, -0.05) is 32.8 Å². The zero-order valence-electron chi connectivity index (χ0n) is 14.7. The highest BCUT2D eigenvalue weighted by Crippen LogP contribution is 2.19. The molecule has 1 aromatic carbocycles. The van der Waals surface area contributed by atoms with E-state index in [-0.39, 0.29) is 10.8 Å². The van der Waals surface area contributed by atoms with Crippen molar-refractivity contribution in [2.45, 2.75) is 44.9 Å². The summed E-state index contributed by atoms with van der Waals surface area (Å²) in [5.74, 6) is 0.436. The molecule has 0 spiro atoms. The van der Waals surface area contributed by atoms with Crippen molar-refractivity contribution >= 4 is 15.9 Å². The van der Waals surface area contributed by atoms with E-state index >= 15 is 0 Å². The minimum absolute atomic E-state index is 0.176. The highest BCUT2D eigenvalue weighted by molar-refractivity contribution is 7.89. The van der Waals surface area contributed by atoms with Gasteiger partial charge < -0.3 is 5.32 Å². The van der Waals surface area contributed by atoms with E-state index in [1.165, 1.54) is 20.2 Å². The molecule has 6 heteroatoms. The summed E-state index contributed by atoms with van der Waals surface area (Å²) in [6, 6.07) is 4.78. The Morgan fingerprint density at radius 3 is 2.43 bits per heavy atom. The summed E-state index contributed by atoms with van der Waals surface area (Å²) >= 11 is 0. The number of amides is 1. The summed E-state index contributed by atoms with van der Waals surface area (Å²) in [5.41, 5.74) is 1.01. The third kappa shape index (κ3) is 5.62. The van der Waals surface area contributed by atoms with Gasteiger partial charge in [-0.25, -0.2) is 12.7 Å². The Hall–Kier alpha value is -1.40. The molecule has 1 amide bonds. The lowest BCUT2D eigenvalue weighted by Crippen LogP contribution is -2.26. The molecular formula is C17H28N2O3S. The van der Waals surface area contributed by atoms with Crippen molar-refractivity contribution in [3.8, 4) is 0 Å². The summed E-state index contributed by atoms with van der Waals surface area (Å²) in [6.07, 6.45) is 3.15. The largest absolute Gasteiger partial charge is 0.352 e. The number of nitrogens with zero attached hydrogens (tertiary/aromatic N) is 1. The van der Waals surface area contributed by atoms with Gasteiger partial charge in [-0.2, -0.15) is 0 Å². The number of benzene rings is 1. The molecule has 1 rings (SSSR count). The first-order valence-electron chi connectivity index (χ1n) is 7.97. The second-order valence-electron chi connectivity index (χ2n) is 6.41. The van der Waals surface area contributed by atoms with E-state index in [2.05, 4.69) is 19.2 Å². The molecule has 0 aliphatic heterocycles. The fourth-order valence-electron chi connectivity index (χ4n) is 2.20. The van der Waals surface area contributed by atoms with Crippen LogP contribution in [0.1, 0.15) is 49.0 Å². The minimum atomic E-state index is -3.55. The van der Waals surface area contributed by atoms with Gasteiger partial charge in [-0.15, -0.1) is 0 Å². The predicted molar refractivity (Wildman–Crippen MR) is 93.1 cm³/mol. The molecule has 5 nitrogen and oxygen atoms in total. The SMILES string of the molecule is Cc1ccc(C(=O)NCCCCC(C)C)cc1S(=O)(=O)N(C)C. The normalized spacial score (nSPS) is 12.0. The minimum Gasteiger partial charge on any atom is -0.352 e. The van der Waals surface area contributed by atoms with Crippen molar-refractivity contribution in [1.29, 1.82) is 0 Å². The number of sulfonamides is 1. The molecule has 0 saturated carbocycles. The maximum atomic E-state index is 12.3. The smallest absolute Gasteiger partial charge is 0.251 e. The van der Waals surface area contributed by atoms with Crippen LogP contribution in [0.4, 0.5) is 0 Å². The number of carbonyl (C=O) groups excluding carboxylic acids is 1. The van der Waals surface area contributed by atoms with Crippen molar-refractivity contribution in [3.63, 3.8) is 0 Å². The molecule has 0 fully saturated rings. The lowest BCUT2D eigenvalue weighted by Gasteiger charge is -2.14. The molecular weight excluding hydrogens is 312 g/mol. The number of rotatable bonds is 8. The first kappa shape index (κ1) is 19.6. The molecule has 0 radical (unpaired) electrons. The maximum Gasteiger partial charge on any atom is 0.251 e. The fourth-order valence-corrected chi connectivity index (χ4v) is 3.34. The summed E-state index contributed by atoms with van der Waals surface area (Å²) in [4.78, 5) is 12.4. The van der Waals surface area contributed by atoms with Crippen LogP contribution < -0.4 is 5.32 Å². The first-order valence-corrected chi connectivity index (χ1v) is 9.41. The topological polar surface area (TPSA) is 66.5 Å². The van der Waals surface area contributed by atoms with Crippen LogP contribution in [-0.4, -0.2) is 39.3 Å². The zero-order chi connectivity index (χ0) is 17.6. The van der Waals surface area contributed by atoms with Crippen molar-refractivity contribution in [1.82, 2.24) is 9.62 Å². The highest BCUT2D eigenvalue weighted by Gasteiger charge is 2.21. The first-order chi connectivity index (χ1) is 10.7. The quantitative estimate of drug-likeness (QED) is 0.740. The second kappa shape index (κ2) is 8.45. The van der Waals surface area contributed by atoms with E-state index in [4.69, 9.17) is 0 Å². The van der Waals surface area contributed by atoms with Crippen LogP contribution in [0.5, 0.6) is 0 Å². The number of hydrogen-bond acceptors (Lipinski definition) is 3. The Balaban J connectivity index is 2.76. The van der Waals surface area contributed by atoms with E-state index in [9.17, 15) is 13.2 Å². The molecule has 23 heavy (non-hydrogen) atoms. The molecule has 0 atom stereocenters. The highest BCUT2D eigenvalue weighted by atomic mass is 32.2. The van der Waals surface area contributed by atoms with E-state index in [1.807, 2.05) is 0 Å². The van der Waals surface area contributed by atoms with Gasteiger partial charge in [0.25, 0.3) is 5.91 Å². The number of aryl methyl sites for hydroxylation is 1. The van der Waals surface area contributed by atoms with Gasteiger partial charge >= 0.3 is 0 Å². The Morgan fingerprint density at radius 2 is 1.87 bits per heavy atom. The van der Waals surface area contributed by atoms with Gasteiger partial charge in [0.1, 0.15) is 0 Å². The number of carbonyl (C=O) groups is 1. The second-order valence-corrected chi connectivity index (χ2v) is 8.53. The van der Waals surface area contributed by atoms with E-state index in [1.54, 1.807) is 19.1 Å². The van der Waals surface area contributed by atoms with Crippen LogP contribution in [0.2, 0.25) is 0 Å². The number of nitrogens with one attached hydrogen (secondary N) is 1.